The second-order valence-corrected chi connectivity index (χ2v) is 6.34. The summed E-state index contributed by atoms with van der Waals surface area (Å²) in [5, 5.41) is 2.94. The van der Waals surface area contributed by atoms with Crippen LogP contribution in [0.1, 0.15) is 29.7 Å². The quantitative estimate of drug-likeness (QED) is 0.732. The van der Waals surface area contributed by atoms with E-state index < -0.39 is 0 Å². The van der Waals surface area contributed by atoms with Crippen molar-refractivity contribution in [1.29, 1.82) is 0 Å². The number of ether oxygens (including phenoxy) is 1. The van der Waals surface area contributed by atoms with Gasteiger partial charge in [-0.3, -0.25) is 4.79 Å². The van der Waals surface area contributed by atoms with E-state index in [-0.39, 0.29) is 11.9 Å². The molecular formula is C21H23N3O2. The maximum absolute atomic E-state index is 12.3. The average molecular weight is 349 g/mol. The number of carbonyl (C=O) groups is 1. The Hall–Kier alpha value is -3.08. The van der Waals surface area contributed by atoms with Crippen LogP contribution < -0.4 is 10.1 Å². The SMILES string of the molecule is COc1cc(CC(=O)Nc2ccc(C(C)n3ccnc3)cc2)ccc1C. The number of hydrogen-bond acceptors (Lipinski definition) is 3. The molecule has 5 nitrogen and oxygen atoms in total. The van der Waals surface area contributed by atoms with Crippen LogP contribution in [-0.4, -0.2) is 22.6 Å². The average Bonchev–Trinajstić information content (AvgIpc) is 3.18. The van der Waals surface area contributed by atoms with Crippen molar-refractivity contribution in [1.82, 2.24) is 9.55 Å². The third kappa shape index (κ3) is 4.11. The first-order valence-corrected chi connectivity index (χ1v) is 8.57. The molecule has 0 radical (unpaired) electrons. The molecule has 3 aromatic rings. The molecule has 0 spiro atoms. The zero-order valence-electron chi connectivity index (χ0n) is 15.3. The van der Waals surface area contributed by atoms with Gasteiger partial charge in [-0.05, 0) is 48.7 Å². The van der Waals surface area contributed by atoms with Gasteiger partial charge in [-0.15, -0.1) is 0 Å². The highest BCUT2D eigenvalue weighted by atomic mass is 16.5. The van der Waals surface area contributed by atoms with Crippen molar-refractivity contribution in [3.63, 3.8) is 0 Å². The minimum atomic E-state index is -0.0497. The van der Waals surface area contributed by atoms with E-state index in [1.165, 1.54) is 0 Å². The van der Waals surface area contributed by atoms with Gasteiger partial charge in [0.1, 0.15) is 5.75 Å². The summed E-state index contributed by atoms with van der Waals surface area (Å²) in [5.41, 5.74) is 3.93. The Kier molecular flexibility index (Phi) is 5.37. The van der Waals surface area contributed by atoms with Crippen LogP contribution in [0.4, 0.5) is 5.69 Å². The number of rotatable bonds is 6. The predicted octanol–water partition coefficient (Wildman–Crippen LogP) is 3.99. The van der Waals surface area contributed by atoms with Crippen LogP contribution >= 0.6 is 0 Å². The van der Waals surface area contributed by atoms with Crippen molar-refractivity contribution in [2.75, 3.05) is 12.4 Å². The smallest absolute Gasteiger partial charge is 0.228 e. The van der Waals surface area contributed by atoms with E-state index >= 15 is 0 Å². The zero-order valence-corrected chi connectivity index (χ0v) is 15.3. The fourth-order valence-electron chi connectivity index (χ4n) is 2.88. The van der Waals surface area contributed by atoms with Crippen LogP contribution in [0.15, 0.2) is 61.2 Å². The zero-order chi connectivity index (χ0) is 18.5. The first-order chi connectivity index (χ1) is 12.6. The Morgan fingerprint density at radius 2 is 2.00 bits per heavy atom. The summed E-state index contributed by atoms with van der Waals surface area (Å²) >= 11 is 0. The van der Waals surface area contributed by atoms with E-state index in [1.807, 2.05) is 60.2 Å². The summed E-state index contributed by atoms with van der Waals surface area (Å²) in [4.78, 5) is 16.4. The topological polar surface area (TPSA) is 56.1 Å². The third-order valence-corrected chi connectivity index (χ3v) is 4.49. The fraction of sp³-hybridized carbons (Fsp3) is 0.238. The van der Waals surface area contributed by atoms with Crippen LogP contribution in [-0.2, 0) is 11.2 Å². The van der Waals surface area contributed by atoms with Gasteiger partial charge in [0.15, 0.2) is 0 Å². The van der Waals surface area contributed by atoms with Crippen molar-refractivity contribution in [2.45, 2.75) is 26.3 Å². The highest BCUT2D eigenvalue weighted by molar-refractivity contribution is 5.92. The molecule has 26 heavy (non-hydrogen) atoms. The minimum absolute atomic E-state index is 0.0497. The maximum Gasteiger partial charge on any atom is 0.228 e. The number of aromatic nitrogens is 2. The van der Waals surface area contributed by atoms with E-state index in [1.54, 1.807) is 19.6 Å². The lowest BCUT2D eigenvalue weighted by atomic mass is 10.1. The summed E-state index contributed by atoms with van der Waals surface area (Å²) in [6.07, 6.45) is 5.82. The van der Waals surface area contributed by atoms with Crippen LogP contribution in [0.3, 0.4) is 0 Å². The first kappa shape index (κ1) is 17.7. The van der Waals surface area contributed by atoms with Gasteiger partial charge in [0, 0.05) is 18.1 Å². The van der Waals surface area contributed by atoms with Gasteiger partial charge in [0.25, 0.3) is 0 Å². The van der Waals surface area contributed by atoms with E-state index in [4.69, 9.17) is 4.74 Å². The standard InChI is InChI=1S/C21H23N3O2/c1-15-4-5-17(12-20(15)26-3)13-21(25)23-19-8-6-18(7-9-19)16(2)24-11-10-22-14-24/h4-12,14,16H,13H2,1-3H3,(H,23,25). The normalized spacial score (nSPS) is 11.8. The Morgan fingerprint density at radius 1 is 1.23 bits per heavy atom. The molecule has 0 aliphatic rings. The molecule has 1 aromatic heterocycles. The summed E-state index contributed by atoms with van der Waals surface area (Å²) in [7, 11) is 1.64. The van der Waals surface area contributed by atoms with Gasteiger partial charge in [0.2, 0.25) is 5.91 Å². The molecule has 134 valence electrons. The molecule has 5 heteroatoms. The number of carbonyl (C=O) groups excluding carboxylic acids is 1. The number of nitrogens with one attached hydrogen (secondary N) is 1. The monoisotopic (exact) mass is 349 g/mol. The molecule has 1 N–H and O–H groups in total. The van der Waals surface area contributed by atoms with Gasteiger partial charge in [-0.1, -0.05) is 24.3 Å². The Labute approximate surface area is 153 Å². The molecule has 1 atom stereocenters. The van der Waals surface area contributed by atoms with Crippen molar-refractivity contribution < 1.29 is 9.53 Å². The predicted molar refractivity (Wildman–Crippen MR) is 103 cm³/mol. The Balaban J connectivity index is 1.63. The van der Waals surface area contributed by atoms with E-state index in [0.29, 0.717) is 6.42 Å². The van der Waals surface area contributed by atoms with E-state index in [9.17, 15) is 4.79 Å². The van der Waals surface area contributed by atoms with Gasteiger partial charge in [-0.2, -0.15) is 0 Å². The molecule has 1 amide bonds. The van der Waals surface area contributed by atoms with Gasteiger partial charge < -0.3 is 14.6 Å². The number of benzene rings is 2. The highest BCUT2D eigenvalue weighted by Gasteiger charge is 2.09. The summed E-state index contributed by atoms with van der Waals surface area (Å²) < 4.78 is 7.35. The lowest BCUT2D eigenvalue weighted by Gasteiger charge is -2.14. The van der Waals surface area contributed by atoms with Crippen molar-refractivity contribution in [3.05, 3.63) is 77.9 Å². The van der Waals surface area contributed by atoms with Gasteiger partial charge in [-0.25, -0.2) is 4.98 Å². The minimum Gasteiger partial charge on any atom is -0.496 e. The summed E-state index contributed by atoms with van der Waals surface area (Å²) in [6.45, 7) is 4.09. The van der Waals surface area contributed by atoms with E-state index in [2.05, 4.69) is 17.2 Å². The van der Waals surface area contributed by atoms with Crippen LogP contribution in [0.2, 0.25) is 0 Å². The van der Waals surface area contributed by atoms with E-state index in [0.717, 1.165) is 28.1 Å². The second kappa shape index (κ2) is 7.87. The number of amides is 1. The number of methoxy groups -OCH3 is 1. The van der Waals surface area contributed by atoms with Crippen molar-refractivity contribution in [2.24, 2.45) is 0 Å². The molecule has 1 unspecified atom stereocenters. The second-order valence-electron chi connectivity index (χ2n) is 6.34. The maximum atomic E-state index is 12.3. The largest absolute Gasteiger partial charge is 0.496 e. The number of aryl methyl sites for hydroxylation is 1. The molecule has 0 saturated heterocycles. The first-order valence-electron chi connectivity index (χ1n) is 8.57. The van der Waals surface area contributed by atoms with Crippen LogP contribution in [0.5, 0.6) is 5.75 Å². The lowest BCUT2D eigenvalue weighted by molar-refractivity contribution is -0.115. The summed E-state index contributed by atoms with van der Waals surface area (Å²) in [6, 6.07) is 13.9. The Bertz CT molecular complexity index is 871. The number of anilines is 1. The summed E-state index contributed by atoms with van der Waals surface area (Å²) in [5.74, 6) is 0.749. The fourth-order valence-corrected chi connectivity index (χ4v) is 2.88. The molecule has 0 aliphatic carbocycles. The molecule has 2 aromatic carbocycles. The number of nitrogens with zero attached hydrogens (tertiary/aromatic N) is 2. The number of hydrogen-bond donors (Lipinski definition) is 1. The molecule has 0 fully saturated rings. The third-order valence-electron chi connectivity index (χ3n) is 4.49. The molecule has 0 aliphatic heterocycles. The lowest BCUT2D eigenvalue weighted by Crippen LogP contribution is -2.14. The van der Waals surface area contributed by atoms with Gasteiger partial charge in [0.05, 0.1) is 25.9 Å². The number of imidazole rings is 1. The van der Waals surface area contributed by atoms with Crippen LogP contribution in [0, 0.1) is 6.92 Å². The van der Waals surface area contributed by atoms with Crippen molar-refractivity contribution >= 4 is 11.6 Å². The Morgan fingerprint density at radius 3 is 2.65 bits per heavy atom. The highest BCUT2D eigenvalue weighted by Crippen LogP contribution is 2.21. The van der Waals surface area contributed by atoms with Crippen LogP contribution in [0.25, 0.3) is 0 Å². The molecular weight excluding hydrogens is 326 g/mol. The molecule has 0 bridgehead atoms. The van der Waals surface area contributed by atoms with Crippen molar-refractivity contribution in [3.8, 4) is 5.75 Å². The molecule has 0 saturated carbocycles. The molecule has 1 heterocycles. The van der Waals surface area contributed by atoms with Gasteiger partial charge >= 0.3 is 0 Å². The molecule has 3 rings (SSSR count).